The number of ketones is 2. The van der Waals surface area contributed by atoms with Crippen molar-refractivity contribution in [2.75, 3.05) is 10.6 Å². The fraction of sp³-hybridized carbons (Fsp3) is 0.0263. The second-order valence-electron chi connectivity index (χ2n) is 11.7. The van der Waals surface area contributed by atoms with Crippen molar-refractivity contribution in [3.05, 3.63) is 147 Å². The van der Waals surface area contributed by atoms with Gasteiger partial charge in [-0.3, -0.25) is 23.7 Å². The highest BCUT2D eigenvalue weighted by Gasteiger charge is 2.26. The summed E-state index contributed by atoms with van der Waals surface area (Å²) >= 11 is 12.6. The Morgan fingerprint density at radius 3 is 1.91 bits per heavy atom. The Kier molecular flexibility index (Phi) is 12.1. The van der Waals surface area contributed by atoms with Crippen molar-refractivity contribution in [2.24, 2.45) is 4.99 Å². The molecule has 5 aromatic carbocycles. The van der Waals surface area contributed by atoms with E-state index in [-0.39, 0.29) is 44.2 Å². The molecule has 0 saturated carbocycles. The van der Waals surface area contributed by atoms with Crippen molar-refractivity contribution < 1.29 is 57.1 Å². The first-order chi connectivity index (χ1) is 26.4. The third-order valence-corrected chi connectivity index (χ3v) is 9.33. The Morgan fingerprint density at radius 1 is 0.661 bits per heavy atom. The zero-order valence-corrected chi connectivity index (χ0v) is 30.5. The lowest BCUT2D eigenvalue weighted by molar-refractivity contribution is -0.110. The maximum absolute atomic E-state index is 13.8. The number of hydrogen-bond acceptors (Lipinski definition) is 10. The smallest absolute Gasteiger partial charge is 0.335 e. The van der Waals surface area contributed by atoms with Crippen LogP contribution in [0.5, 0.6) is 5.75 Å². The van der Waals surface area contributed by atoms with E-state index < -0.39 is 84.5 Å². The number of benzene rings is 5. The van der Waals surface area contributed by atoms with Crippen LogP contribution in [0, 0.1) is 0 Å². The first-order valence-corrected chi connectivity index (χ1v) is 18.0. The number of anilines is 2. The lowest BCUT2D eigenvalue weighted by Crippen LogP contribution is -2.30. The second-order valence-corrected chi connectivity index (χ2v) is 13.9. The fourth-order valence-corrected chi connectivity index (χ4v) is 6.25. The number of aromatic hydroxyl groups is 1. The van der Waals surface area contributed by atoms with Crippen molar-refractivity contribution in [3.8, 4) is 5.75 Å². The van der Waals surface area contributed by atoms with E-state index in [1.54, 1.807) is 6.07 Å². The molecule has 6 N–H and O–H groups in total. The molecule has 0 spiro atoms. The van der Waals surface area contributed by atoms with Gasteiger partial charge in [0.2, 0.25) is 5.78 Å². The lowest BCUT2D eigenvalue weighted by atomic mass is 9.98. The van der Waals surface area contributed by atoms with Gasteiger partial charge < -0.3 is 26.0 Å². The largest absolute Gasteiger partial charge is 0.504 e. The molecule has 0 aliphatic carbocycles. The maximum atomic E-state index is 13.8. The zero-order chi connectivity index (χ0) is 40.9. The van der Waals surface area contributed by atoms with Crippen LogP contribution in [0.4, 0.5) is 17.1 Å². The molecule has 0 aliphatic rings. The van der Waals surface area contributed by atoms with E-state index in [0.717, 1.165) is 42.5 Å². The number of aromatic carboxylic acids is 2. The molecule has 284 valence electrons. The fourth-order valence-electron chi connectivity index (χ4n) is 5.18. The quantitative estimate of drug-likeness (QED) is 0.0241. The molecule has 0 radical (unpaired) electrons. The van der Waals surface area contributed by atoms with Crippen LogP contribution in [0.15, 0.2) is 113 Å². The highest BCUT2D eigenvalue weighted by molar-refractivity contribution is 7.86. The molecule has 2 amide bonds. The first kappa shape index (κ1) is 40.5. The summed E-state index contributed by atoms with van der Waals surface area (Å²) in [7, 11) is -4.84. The van der Waals surface area contributed by atoms with E-state index in [1.165, 1.54) is 54.6 Å². The molecule has 0 fully saturated rings. The molecule has 15 nitrogen and oxygen atoms in total. The Morgan fingerprint density at radius 2 is 1.29 bits per heavy atom. The van der Waals surface area contributed by atoms with Gasteiger partial charge in [-0.15, -0.1) is 0 Å². The summed E-state index contributed by atoms with van der Waals surface area (Å²) in [5.74, 6) is -7.25. The molecular weight excluding hydrogens is 793 g/mol. The molecule has 0 unspecified atom stereocenters. The number of phenols is 1. The predicted molar refractivity (Wildman–Crippen MR) is 204 cm³/mol. The van der Waals surface area contributed by atoms with E-state index in [0.29, 0.717) is 0 Å². The number of amides is 2. The van der Waals surface area contributed by atoms with E-state index >= 15 is 0 Å². The Labute approximate surface area is 326 Å². The standard InChI is InChI=1S/C38H25Cl2N3O12S/c39-26-11-10-21(30(44)14-19-12-22(37(49)50)15-23(13-19)38(51)52)16-28(26)42-36(48)32(33(45)20-6-2-1-3-7-20)41-24-17-27(40)34(46)29(18-24)43-35(47)25-8-4-5-9-31(25)56(53,54)55/h1-13,15-18,46H,14H2,(H,42,48)(H,43,47)(H,49,50)(H,51,52)(H,53,54,55). The lowest BCUT2D eigenvalue weighted by Gasteiger charge is -2.13. The van der Waals surface area contributed by atoms with Crippen LogP contribution in [-0.4, -0.2) is 69.3 Å². The highest BCUT2D eigenvalue weighted by atomic mass is 35.5. The molecule has 0 bridgehead atoms. The number of nitrogens with one attached hydrogen (secondary N) is 2. The minimum Gasteiger partial charge on any atom is -0.504 e. The molecule has 5 rings (SSSR count). The molecule has 0 heterocycles. The van der Waals surface area contributed by atoms with Gasteiger partial charge in [-0.25, -0.2) is 14.6 Å². The number of hydrogen-bond donors (Lipinski definition) is 6. The number of nitrogens with zero attached hydrogens (tertiary/aromatic N) is 1. The normalized spacial score (nSPS) is 11.4. The monoisotopic (exact) mass is 817 g/mol. The van der Waals surface area contributed by atoms with E-state index in [1.807, 2.05) is 0 Å². The summed E-state index contributed by atoms with van der Waals surface area (Å²) < 4.78 is 33.3. The van der Waals surface area contributed by atoms with Gasteiger partial charge in [0.25, 0.3) is 21.9 Å². The number of carbonyl (C=O) groups is 6. The average molecular weight is 819 g/mol. The molecule has 18 heteroatoms. The number of rotatable bonds is 13. The van der Waals surface area contributed by atoms with Crippen molar-refractivity contribution in [1.82, 2.24) is 0 Å². The van der Waals surface area contributed by atoms with Gasteiger partial charge >= 0.3 is 11.9 Å². The van der Waals surface area contributed by atoms with Crippen molar-refractivity contribution >= 4 is 91.4 Å². The molecule has 0 aromatic heterocycles. The predicted octanol–water partition coefficient (Wildman–Crippen LogP) is 6.61. The van der Waals surface area contributed by atoms with Crippen LogP contribution in [0.25, 0.3) is 0 Å². The second kappa shape index (κ2) is 16.7. The molecule has 56 heavy (non-hydrogen) atoms. The van der Waals surface area contributed by atoms with Crippen molar-refractivity contribution in [2.45, 2.75) is 11.3 Å². The molecule has 0 aliphatic heterocycles. The van der Waals surface area contributed by atoms with Gasteiger partial charge in [-0.1, -0.05) is 65.7 Å². The molecule has 5 aromatic rings. The first-order valence-electron chi connectivity index (χ1n) is 15.8. The summed E-state index contributed by atoms with van der Waals surface area (Å²) in [5.41, 5.74) is -2.70. The summed E-state index contributed by atoms with van der Waals surface area (Å²) in [5, 5.41) is 33.6. The van der Waals surface area contributed by atoms with Crippen molar-refractivity contribution in [1.29, 1.82) is 0 Å². The van der Waals surface area contributed by atoms with Gasteiger partial charge in [-0.05, 0) is 66.2 Å². The number of halogens is 2. The average Bonchev–Trinajstić information content (AvgIpc) is 3.16. The van der Waals surface area contributed by atoms with Crippen LogP contribution in [0.1, 0.15) is 57.4 Å². The minimum absolute atomic E-state index is 0.0148. The number of phenolic OH excluding ortho intramolecular Hbond substituents is 1. The SMILES string of the molecule is O=C(Nc1cc(C(=O)Cc2cc(C(=O)O)cc(C(=O)O)c2)ccc1Cl)C(=Nc1cc(Cl)c(O)c(NC(=O)c2ccccc2S(=O)(=O)O)c1)C(=O)c1ccccc1. The number of carboxylic acids is 2. The number of carboxylic acid groups (broad SMARTS) is 2. The number of aliphatic imine (C=N–C) groups is 1. The van der Waals surface area contributed by atoms with Gasteiger partial charge in [0.1, 0.15) is 4.90 Å². The van der Waals surface area contributed by atoms with Gasteiger partial charge in [-0.2, -0.15) is 8.42 Å². The molecule has 0 atom stereocenters. The minimum atomic E-state index is -4.84. The van der Waals surface area contributed by atoms with Gasteiger partial charge in [0.05, 0.1) is 43.8 Å². The summed E-state index contributed by atoms with van der Waals surface area (Å²) in [6.07, 6.45) is -0.433. The summed E-state index contributed by atoms with van der Waals surface area (Å²) in [4.78, 5) is 80.5. The van der Waals surface area contributed by atoms with Crippen LogP contribution >= 0.6 is 23.2 Å². The molecule has 0 saturated heterocycles. The van der Waals surface area contributed by atoms with Crippen LogP contribution in [0.3, 0.4) is 0 Å². The van der Waals surface area contributed by atoms with Crippen LogP contribution in [-0.2, 0) is 21.3 Å². The van der Waals surface area contributed by atoms with E-state index in [2.05, 4.69) is 15.6 Å². The number of carbonyl (C=O) groups excluding carboxylic acids is 4. The van der Waals surface area contributed by atoms with Crippen LogP contribution < -0.4 is 10.6 Å². The Balaban J connectivity index is 1.49. The third-order valence-electron chi connectivity index (χ3n) is 7.80. The molecular formula is C38H25Cl2N3O12S. The van der Waals surface area contributed by atoms with Gasteiger partial charge in [0.15, 0.2) is 17.2 Å². The highest BCUT2D eigenvalue weighted by Crippen LogP contribution is 2.37. The Hall–Kier alpha value is -6.72. The zero-order valence-electron chi connectivity index (χ0n) is 28.2. The summed E-state index contributed by atoms with van der Waals surface area (Å²) in [6, 6.07) is 21.2. The summed E-state index contributed by atoms with van der Waals surface area (Å²) in [6.45, 7) is 0. The third kappa shape index (κ3) is 9.49. The van der Waals surface area contributed by atoms with Crippen molar-refractivity contribution in [3.63, 3.8) is 0 Å². The van der Waals surface area contributed by atoms with E-state index in [4.69, 9.17) is 23.2 Å². The Bertz CT molecular complexity index is 2580. The van der Waals surface area contributed by atoms with Gasteiger partial charge in [0, 0.05) is 17.5 Å². The van der Waals surface area contributed by atoms with Crippen LogP contribution in [0.2, 0.25) is 10.0 Å². The maximum Gasteiger partial charge on any atom is 0.335 e. The number of Topliss-reactive ketones (excluding diaryl/α,β-unsaturated/α-hetero) is 2. The van der Waals surface area contributed by atoms with E-state index in [9.17, 15) is 57.1 Å². The topological polar surface area (TPSA) is 254 Å².